The van der Waals surface area contributed by atoms with Crippen LogP contribution in [0.2, 0.25) is 0 Å². The topological polar surface area (TPSA) is 56.8 Å². The number of rotatable bonds is 9. The van der Waals surface area contributed by atoms with Crippen LogP contribution >= 0.6 is 0 Å². The number of benzene rings is 3. The largest absolute Gasteiger partial charge is 0.497 e. The summed E-state index contributed by atoms with van der Waals surface area (Å²) in [5.74, 6) is 2.08. The van der Waals surface area contributed by atoms with E-state index in [1.165, 1.54) is 0 Å². The summed E-state index contributed by atoms with van der Waals surface area (Å²) >= 11 is 0. The summed E-state index contributed by atoms with van der Waals surface area (Å²) in [7, 11) is 1.65. The second-order valence-electron chi connectivity index (χ2n) is 8.00. The minimum Gasteiger partial charge on any atom is -0.497 e. The van der Waals surface area contributed by atoms with E-state index >= 15 is 0 Å². The molecule has 1 aliphatic carbocycles. The molecule has 0 heterocycles. The zero-order valence-electron chi connectivity index (χ0n) is 19.8. The predicted molar refractivity (Wildman–Crippen MR) is 136 cm³/mol. The molecule has 0 bridgehead atoms. The lowest BCUT2D eigenvalue weighted by atomic mass is 10.0. The Bertz CT molecular complexity index is 1210. The van der Waals surface area contributed by atoms with Gasteiger partial charge in [0.15, 0.2) is 0 Å². The number of methoxy groups -OCH3 is 1. The minimum atomic E-state index is -0.257. The molecule has 0 atom stereocenters. The number of hydrogen-bond acceptors (Lipinski definition) is 5. The van der Waals surface area contributed by atoms with Gasteiger partial charge in [-0.3, -0.25) is 10.1 Å². The first-order valence-electron chi connectivity index (χ1n) is 11.4. The van der Waals surface area contributed by atoms with Crippen molar-refractivity contribution in [3.05, 3.63) is 95.1 Å². The third-order valence-electron chi connectivity index (χ3n) is 5.78. The van der Waals surface area contributed by atoms with Gasteiger partial charge in [0.05, 0.1) is 13.5 Å². The van der Waals surface area contributed by atoms with Crippen LogP contribution in [-0.2, 0) is 9.53 Å². The number of carbonyl (C=O) groups is 1. The molecule has 0 aliphatic heterocycles. The maximum absolute atomic E-state index is 12.5. The average molecular weight is 456 g/mol. The molecular weight excluding hydrogens is 426 g/mol. The second kappa shape index (κ2) is 10.9. The lowest BCUT2D eigenvalue weighted by Gasteiger charge is -2.09. The number of hydrogen-bond donors (Lipinski definition) is 1. The summed E-state index contributed by atoms with van der Waals surface area (Å²) in [6.07, 6.45) is 2.35. The molecule has 5 nitrogen and oxygen atoms in total. The Morgan fingerprint density at radius 1 is 0.912 bits per heavy atom. The monoisotopic (exact) mass is 455 g/mol. The number of allylic oxidation sites excluding steroid dienone is 2. The Morgan fingerprint density at radius 3 is 2.32 bits per heavy atom. The Hall–Kier alpha value is -3.83. The molecule has 1 N–H and O–H groups in total. The molecule has 4 rings (SSSR count). The number of esters is 1. The van der Waals surface area contributed by atoms with Crippen LogP contribution in [0.15, 0.2) is 78.4 Å². The molecule has 0 aromatic heterocycles. The molecule has 34 heavy (non-hydrogen) atoms. The smallest absolute Gasteiger partial charge is 0.311 e. The molecule has 5 heteroatoms. The molecule has 0 saturated heterocycles. The van der Waals surface area contributed by atoms with Crippen LogP contribution in [0.25, 0.3) is 17.2 Å². The van der Waals surface area contributed by atoms with E-state index in [0.717, 1.165) is 57.2 Å². The van der Waals surface area contributed by atoms with Crippen LogP contribution in [0, 0.1) is 0 Å². The fourth-order valence-electron chi connectivity index (χ4n) is 3.97. The van der Waals surface area contributed by atoms with Gasteiger partial charge in [0.1, 0.15) is 24.0 Å². The van der Waals surface area contributed by atoms with Gasteiger partial charge in [0.25, 0.3) is 0 Å². The van der Waals surface area contributed by atoms with Gasteiger partial charge in [-0.2, -0.15) is 0 Å². The van der Waals surface area contributed by atoms with Gasteiger partial charge < -0.3 is 14.2 Å². The summed E-state index contributed by atoms with van der Waals surface area (Å²) in [5.41, 5.74) is 6.25. The molecule has 0 fully saturated rings. The first-order chi connectivity index (χ1) is 16.6. The minimum absolute atomic E-state index is 0.207. The SMILES string of the molecule is CCNCOC(=O)CC1=C(C)/C(=C/c2ccc(Oc3ccccc3)cc2)c2ccc(OC)cc21. The van der Waals surface area contributed by atoms with Crippen molar-refractivity contribution in [3.63, 3.8) is 0 Å². The van der Waals surface area contributed by atoms with E-state index in [-0.39, 0.29) is 19.1 Å². The fraction of sp³-hybridized carbons (Fsp3) is 0.207. The van der Waals surface area contributed by atoms with Crippen molar-refractivity contribution in [1.82, 2.24) is 5.32 Å². The highest BCUT2D eigenvalue weighted by Gasteiger charge is 2.26. The molecule has 3 aromatic carbocycles. The lowest BCUT2D eigenvalue weighted by Crippen LogP contribution is -2.20. The Kier molecular flexibility index (Phi) is 7.45. The third-order valence-corrected chi connectivity index (χ3v) is 5.78. The van der Waals surface area contributed by atoms with Crippen molar-refractivity contribution in [2.45, 2.75) is 20.3 Å². The van der Waals surface area contributed by atoms with Gasteiger partial charge in [-0.1, -0.05) is 43.3 Å². The number of fused-ring (bicyclic) bond motifs is 1. The van der Waals surface area contributed by atoms with Crippen molar-refractivity contribution < 1.29 is 19.0 Å². The van der Waals surface area contributed by atoms with Crippen LogP contribution in [0.3, 0.4) is 0 Å². The van der Waals surface area contributed by atoms with E-state index in [1.807, 2.05) is 79.7 Å². The van der Waals surface area contributed by atoms with Gasteiger partial charge in [0, 0.05) is 0 Å². The number of nitrogens with one attached hydrogen (secondary N) is 1. The van der Waals surface area contributed by atoms with E-state index in [0.29, 0.717) is 0 Å². The highest BCUT2D eigenvalue weighted by molar-refractivity contribution is 6.07. The van der Waals surface area contributed by atoms with Gasteiger partial charge in [-0.05, 0) is 89.4 Å². The van der Waals surface area contributed by atoms with Gasteiger partial charge in [-0.25, -0.2) is 0 Å². The molecule has 0 spiro atoms. The number of ether oxygens (including phenoxy) is 3. The quantitative estimate of drug-likeness (QED) is 0.233. The van der Waals surface area contributed by atoms with E-state index in [1.54, 1.807) is 7.11 Å². The molecule has 0 radical (unpaired) electrons. The second-order valence-corrected chi connectivity index (χ2v) is 8.00. The van der Waals surface area contributed by atoms with Crippen molar-refractivity contribution in [2.75, 3.05) is 20.4 Å². The molecule has 0 amide bonds. The first kappa shape index (κ1) is 23.3. The first-order valence-corrected chi connectivity index (χ1v) is 11.4. The van der Waals surface area contributed by atoms with Crippen LogP contribution in [0.4, 0.5) is 0 Å². The fourth-order valence-corrected chi connectivity index (χ4v) is 3.97. The third kappa shape index (κ3) is 5.38. The summed E-state index contributed by atoms with van der Waals surface area (Å²) < 4.78 is 16.7. The molecule has 0 saturated carbocycles. The van der Waals surface area contributed by atoms with E-state index in [2.05, 4.69) is 18.3 Å². The Balaban J connectivity index is 1.61. The maximum Gasteiger partial charge on any atom is 0.311 e. The number of carbonyl (C=O) groups excluding carboxylic acids is 1. The highest BCUT2D eigenvalue weighted by atomic mass is 16.5. The molecular formula is C29H29NO4. The highest BCUT2D eigenvalue weighted by Crippen LogP contribution is 2.45. The van der Waals surface area contributed by atoms with E-state index in [4.69, 9.17) is 14.2 Å². The Morgan fingerprint density at radius 2 is 1.62 bits per heavy atom. The van der Waals surface area contributed by atoms with Gasteiger partial charge >= 0.3 is 5.97 Å². The zero-order chi connectivity index (χ0) is 23.9. The van der Waals surface area contributed by atoms with Crippen LogP contribution in [0.1, 0.15) is 37.0 Å². The summed E-state index contributed by atoms with van der Waals surface area (Å²) in [5, 5.41) is 3.01. The average Bonchev–Trinajstić information content (AvgIpc) is 3.11. The number of para-hydroxylation sites is 1. The van der Waals surface area contributed by atoms with Crippen molar-refractivity contribution in [1.29, 1.82) is 0 Å². The molecule has 174 valence electrons. The molecule has 0 unspecified atom stereocenters. The lowest BCUT2D eigenvalue weighted by molar-refractivity contribution is -0.143. The van der Waals surface area contributed by atoms with Gasteiger partial charge in [0.2, 0.25) is 0 Å². The van der Waals surface area contributed by atoms with Gasteiger partial charge in [-0.15, -0.1) is 0 Å². The standard InChI is InChI=1S/C29H29NO4/c1-4-30-19-33-29(31)18-27-20(2)26(25-15-14-24(32-3)17-28(25)27)16-21-10-12-23(13-11-21)34-22-8-6-5-7-9-22/h5-17,30H,4,18-19H2,1-3H3/b26-16-. The van der Waals surface area contributed by atoms with Crippen LogP contribution < -0.4 is 14.8 Å². The summed E-state index contributed by atoms with van der Waals surface area (Å²) in [6.45, 7) is 4.99. The zero-order valence-corrected chi connectivity index (χ0v) is 19.8. The Labute approximate surface area is 200 Å². The summed E-state index contributed by atoms with van der Waals surface area (Å²) in [6, 6.07) is 23.7. The molecule has 3 aromatic rings. The summed E-state index contributed by atoms with van der Waals surface area (Å²) in [4.78, 5) is 12.5. The van der Waals surface area contributed by atoms with Crippen LogP contribution in [-0.4, -0.2) is 26.4 Å². The van der Waals surface area contributed by atoms with Crippen molar-refractivity contribution in [2.24, 2.45) is 0 Å². The predicted octanol–water partition coefficient (Wildman–Crippen LogP) is 6.32. The van der Waals surface area contributed by atoms with E-state index < -0.39 is 0 Å². The normalized spacial score (nSPS) is 13.7. The van der Waals surface area contributed by atoms with Crippen molar-refractivity contribution in [3.8, 4) is 17.2 Å². The van der Waals surface area contributed by atoms with Crippen molar-refractivity contribution >= 4 is 23.2 Å². The maximum atomic E-state index is 12.5. The van der Waals surface area contributed by atoms with E-state index in [9.17, 15) is 4.79 Å². The van der Waals surface area contributed by atoms with Crippen LogP contribution in [0.5, 0.6) is 17.2 Å². The molecule has 1 aliphatic rings.